The van der Waals surface area contributed by atoms with E-state index >= 15 is 0 Å². The molecule has 17 heavy (non-hydrogen) atoms. The van der Waals surface area contributed by atoms with Gasteiger partial charge in [0.25, 0.3) is 5.91 Å². The zero-order valence-corrected chi connectivity index (χ0v) is 10.4. The highest BCUT2D eigenvalue weighted by atomic mass is 16.3. The Morgan fingerprint density at radius 1 is 1.35 bits per heavy atom. The van der Waals surface area contributed by atoms with Crippen LogP contribution in [-0.4, -0.2) is 35.1 Å². The first-order valence-corrected chi connectivity index (χ1v) is 6.12. The second-order valence-corrected chi connectivity index (χ2v) is 4.95. The summed E-state index contributed by atoms with van der Waals surface area (Å²) in [5, 5.41) is 9.65. The van der Waals surface area contributed by atoms with Gasteiger partial charge in [0.15, 0.2) is 0 Å². The number of piperidine rings is 1. The van der Waals surface area contributed by atoms with Gasteiger partial charge in [0.2, 0.25) is 0 Å². The van der Waals surface area contributed by atoms with Gasteiger partial charge in [0.1, 0.15) is 0 Å². The summed E-state index contributed by atoms with van der Waals surface area (Å²) < 4.78 is 0. The molecule has 1 aromatic carbocycles. The molecule has 2 unspecified atom stereocenters. The molecule has 1 fully saturated rings. The predicted octanol–water partition coefficient (Wildman–Crippen LogP) is 1.84. The molecule has 0 aliphatic carbocycles. The van der Waals surface area contributed by atoms with Crippen molar-refractivity contribution in [3.8, 4) is 0 Å². The molecule has 1 aliphatic rings. The van der Waals surface area contributed by atoms with Gasteiger partial charge in [0, 0.05) is 18.7 Å². The Hall–Kier alpha value is -1.35. The first kappa shape index (κ1) is 12.1. The summed E-state index contributed by atoms with van der Waals surface area (Å²) in [6, 6.07) is 7.64. The van der Waals surface area contributed by atoms with Crippen LogP contribution in [-0.2, 0) is 0 Å². The van der Waals surface area contributed by atoms with Crippen LogP contribution in [0.2, 0.25) is 0 Å². The van der Waals surface area contributed by atoms with Crippen molar-refractivity contribution in [2.75, 3.05) is 13.1 Å². The number of aryl methyl sites for hydroxylation is 1. The number of nitrogens with zero attached hydrogens (tertiary/aromatic N) is 1. The van der Waals surface area contributed by atoms with Crippen molar-refractivity contribution < 1.29 is 9.90 Å². The van der Waals surface area contributed by atoms with Crippen molar-refractivity contribution in [3.05, 3.63) is 35.4 Å². The van der Waals surface area contributed by atoms with E-state index in [1.807, 2.05) is 43.0 Å². The first-order chi connectivity index (χ1) is 8.08. The van der Waals surface area contributed by atoms with E-state index in [4.69, 9.17) is 0 Å². The Kier molecular flexibility index (Phi) is 3.48. The minimum absolute atomic E-state index is 0.0729. The van der Waals surface area contributed by atoms with Crippen molar-refractivity contribution in [2.24, 2.45) is 5.92 Å². The molecule has 1 aliphatic heterocycles. The molecule has 1 N–H and O–H groups in total. The van der Waals surface area contributed by atoms with Gasteiger partial charge >= 0.3 is 0 Å². The van der Waals surface area contributed by atoms with Crippen molar-refractivity contribution in [1.29, 1.82) is 0 Å². The van der Waals surface area contributed by atoms with Crippen LogP contribution in [0.1, 0.15) is 29.3 Å². The summed E-state index contributed by atoms with van der Waals surface area (Å²) >= 11 is 0. The number of aliphatic hydroxyl groups excluding tert-OH is 1. The molecule has 3 nitrogen and oxygen atoms in total. The summed E-state index contributed by atoms with van der Waals surface area (Å²) in [5.74, 6) is 0.238. The van der Waals surface area contributed by atoms with Crippen LogP contribution in [0.15, 0.2) is 24.3 Å². The Bertz CT molecular complexity index is 399. The standard InChI is InChI=1S/C14H19NO2/c1-10-3-5-12(6-4-10)14(17)15-8-7-13(16)11(2)9-15/h3-6,11,13,16H,7-9H2,1-2H3. The van der Waals surface area contributed by atoms with Gasteiger partial charge in [0.05, 0.1) is 6.10 Å². The lowest BCUT2D eigenvalue weighted by Crippen LogP contribution is -2.44. The van der Waals surface area contributed by atoms with Crippen LogP contribution in [0.3, 0.4) is 0 Å². The Morgan fingerprint density at radius 3 is 2.59 bits per heavy atom. The van der Waals surface area contributed by atoms with Crippen molar-refractivity contribution in [2.45, 2.75) is 26.4 Å². The quantitative estimate of drug-likeness (QED) is 0.804. The van der Waals surface area contributed by atoms with Gasteiger partial charge in [-0.3, -0.25) is 4.79 Å². The lowest BCUT2D eigenvalue weighted by atomic mass is 9.96. The van der Waals surface area contributed by atoms with Gasteiger partial charge in [-0.2, -0.15) is 0 Å². The normalized spacial score (nSPS) is 24.8. The average molecular weight is 233 g/mol. The predicted molar refractivity (Wildman–Crippen MR) is 66.9 cm³/mol. The monoisotopic (exact) mass is 233 g/mol. The number of rotatable bonds is 1. The molecule has 2 rings (SSSR count). The van der Waals surface area contributed by atoms with Crippen molar-refractivity contribution in [1.82, 2.24) is 4.90 Å². The average Bonchev–Trinajstić information content (AvgIpc) is 2.33. The van der Waals surface area contributed by atoms with E-state index in [-0.39, 0.29) is 17.9 Å². The van der Waals surface area contributed by atoms with Crippen LogP contribution in [0.4, 0.5) is 0 Å². The third-order valence-electron chi connectivity index (χ3n) is 3.45. The molecular formula is C14H19NO2. The van der Waals surface area contributed by atoms with E-state index < -0.39 is 0 Å². The summed E-state index contributed by atoms with van der Waals surface area (Å²) in [6.07, 6.45) is 0.413. The fourth-order valence-electron chi connectivity index (χ4n) is 2.20. The number of amides is 1. The zero-order chi connectivity index (χ0) is 12.4. The Labute approximate surface area is 102 Å². The van der Waals surface area contributed by atoms with E-state index in [9.17, 15) is 9.90 Å². The molecule has 1 amide bonds. The van der Waals surface area contributed by atoms with Crippen LogP contribution in [0.25, 0.3) is 0 Å². The summed E-state index contributed by atoms with van der Waals surface area (Å²) in [6.45, 7) is 5.29. The van der Waals surface area contributed by atoms with Gasteiger partial charge in [-0.1, -0.05) is 24.6 Å². The topological polar surface area (TPSA) is 40.5 Å². The van der Waals surface area contributed by atoms with Crippen LogP contribution < -0.4 is 0 Å². The molecule has 1 aromatic rings. The number of benzene rings is 1. The second-order valence-electron chi connectivity index (χ2n) is 4.95. The van der Waals surface area contributed by atoms with Crippen molar-refractivity contribution >= 4 is 5.91 Å². The van der Waals surface area contributed by atoms with Crippen LogP contribution in [0, 0.1) is 12.8 Å². The number of aliphatic hydroxyl groups is 1. The highest BCUT2D eigenvalue weighted by Gasteiger charge is 2.27. The second kappa shape index (κ2) is 4.88. The minimum atomic E-state index is -0.267. The maximum atomic E-state index is 12.2. The SMILES string of the molecule is Cc1ccc(C(=O)N2CCC(O)C(C)C2)cc1. The number of carbonyl (C=O) groups excluding carboxylic acids is 1. The molecular weight excluding hydrogens is 214 g/mol. The van der Waals surface area contributed by atoms with E-state index in [1.54, 1.807) is 0 Å². The van der Waals surface area contributed by atoms with Crippen LogP contribution in [0.5, 0.6) is 0 Å². The number of likely N-dealkylation sites (tertiary alicyclic amines) is 1. The highest BCUT2D eigenvalue weighted by Crippen LogP contribution is 2.18. The Morgan fingerprint density at radius 2 is 2.00 bits per heavy atom. The Balaban J connectivity index is 2.08. The minimum Gasteiger partial charge on any atom is -0.393 e. The van der Waals surface area contributed by atoms with Crippen LogP contribution >= 0.6 is 0 Å². The van der Waals surface area contributed by atoms with Gasteiger partial charge < -0.3 is 10.0 Å². The third-order valence-corrected chi connectivity index (χ3v) is 3.45. The number of hydrogen-bond acceptors (Lipinski definition) is 2. The van der Waals surface area contributed by atoms with E-state index in [2.05, 4.69) is 0 Å². The maximum Gasteiger partial charge on any atom is 0.253 e. The summed E-state index contributed by atoms with van der Waals surface area (Å²) in [5.41, 5.74) is 1.89. The maximum absolute atomic E-state index is 12.2. The molecule has 1 saturated heterocycles. The van der Waals surface area contributed by atoms with Gasteiger partial charge in [-0.25, -0.2) is 0 Å². The molecule has 0 bridgehead atoms. The summed E-state index contributed by atoms with van der Waals surface area (Å²) in [7, 11) is 0. The molecule has 1 heterocycles. The third kappa shape index (κ3) is 2.67. The lowest BCUT2D eigenvalue weighted by molar-refractivity contribution is 0.0297. The fraction of sp³-hybridized carbons (Fsp3) is 0.500. The van der Waals surface area contributed by atoms with Gasteiger partial charge in [-0.05, 0) is 31.4 Å². The molecule has 0 spiro atoms. The smallest absolute Gasteiger partial charge is 0.253 e. The molecule has 92 valence electrons. The molecule has 2 atom stereocenters. The molecule has 0 aromatic heterocycles. The molecule has 0 saturated carbocycles. The first-order valence-electron chi connectivity index (χ1n) is 6.12. The highest BCUT2D eigenvalue weighted by molar-refractivity contribution is 5.94. The van der Waals surface area contributed by atoms with Crippen molar-refractivity contribution in [3.63, 3.8) is 0 Å². The largest absolute Gasteiger partial charge is 0.393 e. The van der Waals surface area contributed by atoms with E-state index in [0.717, 1.165) is 11.1 Å². The van der Waals surface area contributed by atoms with E-state index in [1.165, 1.54) is 0 Å². The molecule has 3 heteroatoms. The van der Waals surface area contributed by atoms with Gasteiger partial charge in [-0.15, -0.1) is 0 Å². The zero-order valence-electron chi connectivity index (χ0n) is 10.4. The lowest BCUT2D eigenvalue weighted by Gasteiger charge is -2.34. The number of carbonyl (C=O) groups is 1. The number of hydrogen-bond donors (Lipinski definition) is 1. The summed E-state index contributed by atoms with van der Waals surface area (Å²) in [4.78, 5) is 14.0. The molecule has 0 radical (unpaired) electrons. The van der Waals surface area contributed by atoms with E-state index in [0.29, 0.717) is 19.5 Å². The fourth-order valence-corrected chi connectivity index (χ4v) is 2.20.